The van der Waals surface area contributed by atoms with Gasteiger partial charge in [0, 0.05) is 38.6 Å². The molecule has 2 aromatic heterocycles. The molecule has 1 aliphatic heterocycles. The summed E-state index contributed by atoms with van der Waals surface area (Å²) >= 11 is 9.51. The molecule has 5 aromatic rings. The Morgan fingerprint density at radius 2 is 1.77 bits per heavy atom. The molecule has 3 aromatic carbocycles. The maximum absolute atomic E-state index is 14.3. The number of para-hydroxylation sites is 1. The summed E-state index contributed by atoms with van der Waals surface area (Å²) in [4.78, 5) is 34.1. The van der Waals surface area contributed by atoms with Gasteiger partial charge in [-0.3, -0.25) is 9.36 Å². The molecule has 9 heteroatoms. The van der Waals surface area contributed by atoms with Gasteiger partial charge in [0.05, 0.1) is 27.9 Å². The fraction of sp³-hybridized carbons (Fsp3) is 0.229. The summed E-state index contributed by atoms with van der Waals surface area (Å²) in [6, 6.07) is 23.4. The number of hydrogen-bond acceptors (Lipinski definition) is 6. The lowest BCUT2D eigenvalue weighted by Crippen LogP contribution is -2.40. The Kier molecular flexibility index (Phi) is 8.42. The first-order chi connectivity index (χ1) is 21.2. The molecule has 3 heterocycles. The monoisotopic (exact) mass is 641 g/mol. The average molecular weight is 642 g/mol. The second kappa shape index (κ2) is 12.3. The van der Waals surface area contributed by atoms with Gasteiger partial charge in [0.25, 0.3) is 5.56 Å². The predicted octanol–water partition coefficient (Wildman–Crippen LogP) is 6.87. The number of esters is 1. The number of carbonyl (C=O) groups excluding carboxylic acids is 1. The minimum absolute atomic E-state index is 0.197. The van der Waals surface area contributed by atoms with Crippen LogP contribution in [0.25, 0.3) is 17.0 Å². The zero-order chi connectivity index (χ0) is 31.1. The number of thiazole rings is 1. The van der Waals surface area contributed by atoms with E-state index in [9.17, 15) is 9.59 Å². The minimum Gasteiger partial charge on any atom is -0.459 e. The molecule has 0 N–H and O–H groups in total. The van der Waals surface area contributed by atoms with Crippen molar-refractivity contribution in [1.82, 2.24) is 9.13 Å². The van der Waals surface area contributed by atoms with Gasteiger partial charge in [-0.15, -0.1) is 11.8 Å². The number of benzene rings is 3. The lowest BCUT2D eigenvalue weighted by Gasteiger charge is -2.25. The van der Waals surface area contributed by atoms with Crippen LogP contribution in [0.1, 0.15) is 49.2 Å². The van der Waals surface area contributed by atoms with Gasteiger partial charge in [-0.05, 0) is 75.4 Å². The molecule has 0 saturated carbocycles. The van der Waals surface area contributed by atoms with Crippen LogP contribution in [0.5, 0.6) is 0 Å². The molecule has 6 rings (SSSR count). The number of hydrogen-bond donors (Lipinski definition) is 0. The summed E-state index contributed by atoms with van der Waals surface area (Å²) in [7, 11) is 0. The smallest absolute Gasteiger partial charge is 0.338 e. The largest absolute Gasteiger partial charge is 0.459 e. The number of carbonyl (C=O) groups is 1. The second-order valence-electron chi connectivity index (χ2n) is 11.0. The fourth-order valence-electron chi connectivity index (χ4n) is 5.73. The summed E-state index contributed by atoms with van der Waals surface area (Å²) in [5, 5.41) is 1.76. The summed E-state index contributed by atoms with van der Waals surface area (Å²) < 4.78 is 10.1. The molecular formula is C35H32ClN3O3S2. The topological polar surface area (TPSA) is 65.6 Å². The zero-order valence-electron chi connectivity index (χ0n) is 25.1. The highest BCUT2D eigenvalue weighted by Crippen LogP contribution is 2.33. The van der Waals surface area contributed by atoms with Crippen molar-refractivity contribution >= 4 is 57.6 Å². The van der Waals surface area contributed by atoms with Crippen molar-refractivity contribution in [3.8, 4) is 0 Å². The molecule has 0 fully saturated rings. The van der Waals surface area contributed by atoms with Crippen molar-refractivity contribution in [3.05, 3.63) is 131 Å². The molecule has 1 atom stereocenters. The summed E-state index contributed by atoms with van der Waals surface area (Å²) in [6.07, 6.45) is 3.67. The van der Waals surface area contributed by atoms with E-state index in [2.05, 4.69) is 23.6 Å². The number of ether oxygens (including phenoxy) is 1. The van der Waals surface area contributed by atoms with Gasteiger partial charge >= 0.3 is 5.97 Å². The first kappa shape index (κ1) is 30.2. The molecule has 0 bridgehead atoms. The summed E-state index contributed by atoms with van der Waals surface area (Å²) in [5.41, 5.74) is 5.63. The van der Waals surface area contributed by atoms with Crippen LogP contribution in [0.3, 0.4) is 0 Å². The molecule has 0 radical (unpaired) electrons. The minimum atomic E-state index is -0.654. The SMILES string of the molecule is CSc1ccc([C@@H]2C(C(=O)OC(C)C)=C(C)N=c3s/c(=C\c4c(C)n(Cc5ccccc5Cl)c5ccccc45)c(=O)n32)cc1. The highest BCUT2D eigenvalue weighted by molar-refractivity contribution is 7.98. The number of fused-ring (bicyclic) bond motifs is 2. The van der Waals surface area contributed by atoms with Crippen LogP contribution in [-0.4, -0.2) is 27.5 Å². The lowest BCUT2D eigenvalue weighted by atomic mass is 9.96. The third-order valence-electron chi connectivity index (χ3n) is 7.86. The number of nitrogens with zero attached hydrogens (tertiary/aromatic N) is 3. The van der Waals surface area contributed by atoms with E-state index in [4.69, 9.17) is 21.3 Å². The highest BCUT2D eigenvalue weighted by atomic mass is 35.5. The van der Waals surface area contributed by atoms with Gasteiger partial charge in [0.2, 0.25) is 0 Å². The highest BCUT2D eigenvalue weighted by Gasteiger charge is 2.34. The maximum atomic E-state index is 14.3. The van der Waals surface area contributed by atoms with Crippen LogP contribution in [0.15, 0.2) is 98.7 Å². The first-order valence-corrected chi connectivity index (χ1v) is 16.8. The Hall–Kier alpha value is -3.85. The van der Waals surface area contributed by atoms with E-state index in [1.165, 1.54) is 11.3 Å². The molecule has 0 saturated heterocycles. The van der Waals surface area contributed by atoms with Crippen LogP contribution < -0.4 is 14.9 Å². The van der Waals surface area contributed by atoms with E-state index in [1.54, 1.807) is 16.3 Å². The summed E-state index contributed by atoms with van der Waals surface area (Å²) in [5.74, 6) is -0.465. The average Bonchev–Trinajstić information content (AvgIpc) is 3.45. The Morgan fingerprint density at radius 3 is 2.48 bits per heavy atom. The van der Waals surface area contributed by atoms with Crippen LogP contribution >= 0.6 is 34.7 Å². The number of rotatable bonds is 7. The Morgan fingerprint density at radius 1 is 1.07 bits per heavy atom. The standard InChI is InChI=1S/C35H32ClN3O3S2/c1-20(2)42-34(41)31-21(3)37-35-39(32(31)23-14-16-25(43-5)17-15-23)33(40)30(44-35)18-27-22(4)38(29-13-9-7-11-26(27)29)19-24-10-6-8-12-28(24)36/h6-18,20,32H,19H2,1-5H3/b30-18-/t32-/m1/s1. The molecule has 44 heavy (non-hydrogen) atoms. The van der Waals surface area contributed by atoms with Crippen molar-refractivity contribution in [3.63, 3.8) is 0 Å². The van der Waals surface area contributed by atoms with Gasteiger partial charge < -0.3 is 9.30 Å². The van der Waals surface area contributed by atoms with Gasteiger partial charge in [0.15, 0.2) is 4.80 Å². The zero-order valence-corrected chi connectivity index (χ0v) is 27.5. The Balaban J connectivity index is 1.54. The molecule has 0 amide bonds. The molecule has 0 aliphatic carbocycles. The first-order valence-electron chi connectivity index (χ1n) is 14.4. The van der Waals surface area contributed by atoms with Crippen molar-refractivity contribution in [2.45, 2.75) is 51.3 Å². The van der Waals surface area contributed by atoms with Crippen LogP contribution in [0.2, 0.25) is 5.02 Å². The van der Waals surface area contributed by atoms with E-state index in [1.807, 2.05) is 93.8 Å². The van der Waals surface area contributed by atoms with E-state index in [0.717, 1.165) is 38.2 Å². The van der Waals surface area contributed by atoms with Crippen molar-refractivity contribution in [1.29, 1.82) is 0 Å². The molecule has 1 aliphatic rings. The third-order valence-corrected chi connectivity index (χ3v) is 9.95. The van der Waals surface area contributed by atoms with E-state index >= 15 is 0 Å². The van der Waals surface area contributed by atoms with Gasteiger partial charge in [-0.1, -0.05) is 71.5 Å². The van der Waals surface area contributed by atoms with Gasteiger partial charge in [-0.2, -0.15) is 0 Å². The van der Waals surface area contributed by atoms with Gasteiger partial charge in [-0.25, -0.2) is 9.79 Å². The maximum Gasteiger partial charge on any atom is 0.338 e. The molecule has 6 nitrogen and oxygen atoms in total. The summed E-state index contributed by atoms with van der Waals surface area (Å²) in [6.45, 7) is 8.11. The predicted molar refractivity (Wildman–Crippen MR) is 180 cm³/mol. The van der Waals surface area contributed by atoms with E-state index in [0.29, 0.717) is 32.2 Å². The Labute approximate surface area is 269 Å². The third kappa shape index (κ3) is 5.47. The quantitative estimate of drug-likeness (QED) is 0.144. The molecule has 0 unspecified atom stereocenters. The molecular weight excluding hydrogens is 610 g/mol. The Bertz CT molecular complexity index is 2120. The number of allylic oxidation sites excluding steroid dienone is 1. The fourth-order valence-corrected chi connectivity index (χ4v) is 7.37. The van der Waals surface area contributed by atoms with E-state index in [-0.39, 0.29) is 11.7 Å². The molecule has 224 valence electrons. The second-order valence-corrected chi connectivity index (χ2v) is 13.3. The lowest BCUT2D eigenvalue weighted by molar-refractivity contribution is -0.143. The van der Waals surface area contributed by atoms with E-state index < -0.39 is 12.0 Å². The number of thioether (sulfide) groups is 1. The van der Waals surface area contributed by atoms with Crippen LogP contribution in [-0.2, 0) is 16.1 Å². The van der Waals surface area contributed by atoms with Crippen molar-refractivity contribution < 1.29 is 9.53 Å². The van der Waals surface area contributed by atoms with Gasteiger partial charge in [0.1, 0.15) is 0 Å². The number of halogens is 1. The van der Waals surface area contributed by atoms with Crippen LogP contribution in [0.4, 0.5) is 0 Å². The van der Waals surface area contributed by atoms with Crippen molar-refractivity contribution in [2.75, 3.05) is 6.26 Å². The molecule has 0 spiro atoms. The van der Waals surface area contributed by atoms with Crippen LogP contribution in [0, 0.1) is 6.92 Å². The van der Waals surface area contributed by atoms with Crippen molar-refractivity contribution in [2.24, 2.45) is 4.99 Å². The number of aromatic nitrogens is 2. The normalized spacial score (nSPS) is 15.2.